The third-order valence-corrected chi connectivity index (χ3v) is 6.40. The number of fused-ring (bicyclic) bond motifs is 1. The van der Waals surface area contributed by atoms with Crippen molar-refractivity contribution >= 4 is 17.1 Å². The smallest absolute Gasteiger partial charge is 0.240 e. The molecule has 0 spiro atoms. The number of nitrogens with zero attached hydrogens (tertiary/aromatic N) is 6. The van der Waals surface area contributed by atoms with E-state index in [1.54, 1.807) is 17.1 Å². The number of hydrogen-bond donors (Lipinski definition) is 2. The van der Waals surface area contributed by atoms with Crippen molar-refractivity contribution in [2.45, 2.75) is 52.6 Å². The summed E-state index contributed by atoms with van der Waals surface area (Å²) in [5.74, 6) is 0.139. The molecule has 9 nitrogen and oxygen atoms in total. The molecule has 1 aliphatic rings. The van der Waals surface area contributed by atoms with Crippen molar-refractivity contribution in [1.29, 1.82) is 5.26 Å². The summed E-state index contributed by atoms with van der Waals surface area (Å²) >= 11 is 0. The maximum absolute atomic E-state index is 13.5. The Morgan fingerprint density at radius 1 is 1.30 bits per heavy atom. The molecule has 2 atom stereocenters. The molecule has 9 heteroatoms. The Labute approximate surface area is 194 Å². The number of likely N-dealkylation sites (tertiary alicyclic amines) is 1. The van der Waals surface area contributed by atoms with Crippen LogP contribution < -0.4 is 5.32 Å². The Balaban J connectivity index is 1.57. The second-order valence-corrected chi connectivity index (χ2v) is 10.0. The van der Waals surface area contributed by atoms with Gasteiger partial charge in [-0.05, 0) is 25.2 Å². The molecule has 4 heterocycles. The number of hydrogen-bond acceptors (Lipinski definition) is 6. The predicted octanol–water partition coefficient (Wildman–Crippen LogP) is 3.19. The highest BCUT2D eigenvalue weighted by Gasteiger charge is 2.37. The summed E-state index contributed by atoms with van der Waals surface area (Å²) in [7, 11) is 1.87. The van der Waals surface area contributed by atoms with Crippen molar-refractivity contribution in [2.75, 3.05) is 13.1 Å². The average molecular weight is 449 g/mol. The second kappa shape index (κ2) is 8.94. The zero-order valence-corrected chi connectivity index (χ0v) is 20.0. The van der Waals surface area contributed by atoms with E-state index in [1.807, 2.05) is 24.3 Å². The molecule has 174 valence electrons. The lowest BCUT2D eigenvalue weighted by atomic mass is 9.84. The molecule has 1 unspecified atom stereocenters. The standard InChI is InChI=1S/C24H32N8O/c1-15(29-21(24(2,3)4)23(33)32-8-6-16(10-25)7-9-32)18-12-26-22-20(18)30-19(13-27-22)17-11-28-31(5)14-17/h11-16,21,29H,6-9H2,1-5H3,(H,26,27)/t15?,21-/m0/s1. The third kappa shape index (κ3) is 4.76. The summed E-state index contributed by atoms with van der Waals surface area (Å²) < 4.78 is 1.74. The molecule has 0 radical (unpaired) electrons. The summed E-state index contributed by atoms with van der Waals surface area (Å²) in [5.41, 5.74) is 3.84. The highest BCUT2D eigenvalue weighted by atomic mass is 16.2. The minimum absolute atomic E-state index is 0.0489. The van der Waals surface area contributed by atoms with E-state index < -0.39 is 0 Å². The Kier molecular flexibility index (Phi) is 6.21. The van der Waals surface area contributed by atoms with Crippen LogP contribution >= 0.6 is 0 Å². The molecule has 0 aromatic carbocycles. The largest absolute Gasteiger partial charge is 0.344 e. The molecular formula is C24H32N8O. The SMILES string of the molecule is CC(N[C@@H](C(=O)N1CCC(C#N)CC1)C(C)(C)C)c1c[nH]c2ncc(-c3cnn(C)c3)nc12. The number of nitriles is 1. The first kappa shape index (κ1) is 22.9. The van der Waals surface area contributed by atoms with E-state index in [2.05, 4.69) is 54.1 Å². The van der Waals surface area contributed by atoms with Gasteiger partial charge in [-0.2, -0.15) is 10.4 Å². The van der Waals surface area contributed by atoms with Crippen LogP contribution in [0.2, 0.25) is 0 Å². The summed E-state index contributed by atoms with van der Waals surface area (Å²) in [5, 5.41) is 17.0. The van der Waals surface area contributed by atoms with E-state index in [-0.39, 0.29) is 29.3 Å². The number of nitrogens with one attached hydrogen (secondary N) is 2. The second-order valence-electron chi connectivity index (χ2n) is 10.0. The fourth-order valence-corrected chi connectivity index (χ4v) is 4.38. The number of aryl methyl sites for hydroxylation is 1. The average Bonchev–Trinajstić information content (AvgIpc) is 3.42. The molecule has 1 saturated heterocycles. The van der Waals surface area contributed by atoms with Gasteiger partial charge < -0.3 is 9.88 Å². The molecule has 3 aromatic rings. The van der Waals surface area contributed by atoms with Gasteiger partial charge in [-0.3, -0.25) is 14.8 Å². The Hall–Kier alpha value is -3.25. The van der Waals surface area contributed by atoms with Gasteiger partial charge in [0.15, 0.2) is 5.65 Å². The summed E-state index contributed by atoms with van der Waals surface area (Å²) in [6, 6.07) is 1.84. The summed E-state index contributed by atoms with van der Waals surface area (Å²) in [6.45, 7) is 9.54. The summed E-state index contributed by atoms with van der Waals surface area (Å²) in [4.78, 5) is 28.0. The monoisotopic (exact) mass is 448 g/mol. The van der Waals surface area contributed by atoms with E-state index >= 15 is 0 Å². The van der Waals surface area contributed by atoms with Crippen molar-refractivity contribution in [2.24, 2.45) is 18.4 Å². The molecule has 0 bridgehead atoms. The number of aromatic amines is 1. The van der Waals surface area contributed by atoms with E-state index in [4.69, 9.17) is 4.98 Å². The predicted molar refractivity (Wildman–Crippen MR) is 126 cm³/mol. The number of carbonyl (C=O) groups excluding carboxylic acids is 1. The van der Waals surface area contributed by atoms with Crippen LogP contribution in [-0.4, -0.2) is 54.7 Å². The van der Waals surface area contributed by atoms with Crippen molar-refractivity contribution in [1.82, 2.24) is 34.9 Å². The zero-order chi connectivity index (χ0) is 23.8. The number of aromatic nitrogens is 5. The first-order chi connectivity index (χ1) is 15.7. The van der Waals surface area contributed by atoms with Crippen LogP contribution in [0.3, 0.4) is 0 Å². The van der Waals surface area contributed by atoms with Crippen molar-refractivity contribution in [3.8, 4) is 17.3 Å². The van der Waals surface area contributed by atoms with Crippen molar-refractivity contribution in [3.63, 3.8) is 0 Å². The van der Waals surface area contributed by atoms with Gasteiger partial charge in [0.2, 0.25) is 5.91 Å². The first-order valence-electron chi connectivity index (χ1n) is 11.4. The van der Waals surface area contributed by atoms with Gasteiger partial charge in [-0.1, -0.05) is 20.8 Å². The molecule has 1 aliphatic heterocycles. The van der Waals surface area contributed by atoms with Crippen LogP contribution in [0.1, 0.15) is 52.1 Å². The van der Waals surface area contributed by atoms with Gasteiger partial charge in [0, 0.05) is 55.6 Å². The molecule has 1 fully saturated rings. The number of piperidine rings is 1. The Morgan fingerprint density at radius 3 is 2.64 bits per heavy atom. The fourth-order valence-electron chi connectivity index (χ4n) is 4.38. The van der Waals surface area contributed by atoms with Gasteiger partial charge in [-0.25, -0.2) is 9.97 Å². The van der Waals surface area contributed by atoms with Crippen LogP contribution in [0.15, 0.2) is 24.8 Å². The Morgan fingerprint density at radius 2 is 2.03 bits per heavy atom. The highest BCUT2D eigenvalue weighted by Crippen LogP contribution is 2.29. The summed E-state index contributed by atoms with van der Waals surface area (Å²) in [6.07, 6.45) is 8.82. The minimum atomic E-state index is -0.370. The van der Waals surface area contributed by atoms with Crippen molar-refractivity contribution in [3.05, 3.63) is 30.4 Å². The first-order valence-corrected chi connectivity index (χ1v) is 11.4. The van der Waals surface area contributed by atoms with E-state index in [0.717, 1.165) is 35.2 Å². The maximum atomic E-state index is 13.5. The molecular weight excluding hydrogens is 416 g/mol. The third-order valence-electron chi connectivity index (χ3n) is 6.40. The zero-order valence-electron chi connectivity index (χ0n) is 20.0. The maximum Gasteiger partial charge on any atom is 0.240 e. The topological polar surface area (TPSA) is 116 Å². The van der Waals surface area contributed by atoms with E-state index in [1.165, 1.54) is 0 Å². The van der Waals surface area contributed by atoms with Crippen molar-refractivity contribution < 1.29 is 4.79 Å². The van der Waals surface area contributed by atoms with Crippen LogP contribution in [0, 0.1) is 22.7 Å². The van der Waals surface area contributed by atoms with Gasteiger partial charge in [0.1, 0.15) is 5.52 Å². The Bertz CT molecular complexity index is 1170. The number of amides is 1. The van der Waals surface area contributed by atoms with Crippen LogP contribution in [0.25, 0.3) is 22.4 Å². The molecule has 0 saturated carbocycles. The van der Waals surface area contributed by atoms with Crippen LogP contribution in [0.5, 0.6) is 0 Å². The molecule has 33 heavy (non-hydrogen) atoms. The molecule has 2 N–H and O–H groups in total. The van der Waals surface area contributed by atoms with E-state index in [9.17, 15) is 10.1 Å². The lowest BCUT2D eigenvalue weighted by Crippen LogP contribution is -2.55. The normalized spacial score (nSPS) is 17.2. The number of carbonyl (C=O) groups is 1. The van der Waals surface area contributed by atoms with Crippen LogP contribution in [-0.2, 0) is 11.8 Å². The lowest BCUT2D eigenvalue weighted by Gasteiger charge is -2.38. The molecule has 3 aromatic heterocycles. The van der Waals surface area contributed by atoms with Gasteiger partial charge in [-0.15, -0.1) is 0 Å². The molecule has 0 aliphatic carbocycles. The quantitative estimate of drug-likeness (QED) is 0.619. The minimum Gasteiger partial charge on any atom is -0.344 e. The fraction of sp³-hybridized carbons (Fsp3) is 0.542. The molecule has 4 rings (SSSR count). The van der Waals surface area contributed by atoms with Gasteiger partial charge in [0.25, 0.3) is 0 Å². The molecule has 1 amide bonds. The number of H-pyrrole nitrogens is 1. The van der Waals surface area contributed by atoms with Gasteiger partial charge in [0.05, 0.1) is 30.2 Å². The van der Waals surface area contributed by atoms with E-state index in [0.29, 0.717) is 18.7 Å². The lowest BCUT2D eigenvalue weighted by molar-refractivity contribution is -0.137. The highest BCUT2D eigenvalue weighted by molar-refractivity contribution is 5.83. The van der Waals surface area contributed by atoms with Crippen LogP contribution in [0.4, 0.5) is 0 Å². The van der Waals surface area contributed by atoms with Gasteiger partial charge >= 0.3 is 0 Å². The number of rotatable bonds is 5.